The summed E-state index contributed by atoms with van der Waals surface area (Å²) in [6.45, 7) is 0. The van der Waals surface area contributed by atoms with Crippen molar-refractivity contribution in [2.45, 2.75) is 88.9 Å². The summed E-state index contributed by atoms with van der Waals surface area (Å²) < 4.78 is 0. The zero-order chi connectivity index (χ0) is 21.1. The van der Waals surface area contributed by atoms with Gasteiger partial charge in [-0.15, -0.1) is 0 Å². The van der Waals surface area contributed by atoms with Crippen LogP contribution in [0.4, 0.5) is 0 Å². The first-order valence-electron chi connectivity index (χ1n) is 13.7. The van der Waals surface area contributed by atoms with Gasteiger partial charge in [0.05, 0.1) is 0 Å². The molecule has 0 atom stereocenters. The third-order valence-electron chi connectivity index (χ3n) is 10.1. The first kappa shape index (κ1) is 19.6. The summed E-state index contributed by atoms with van der Waals surface area (Å²) in [6.07, 6.45) is 21.3. The van der Waals surface area contributed by atoms with E-state index in [9.17, 15) is 0 Å². The minimum absolute atomic E-state index is 0.513. The van der Waals surface area contributed by atoms with Crippen molar-refractivity contribution in [1.29, 1.82) is 0 Å². The first-order chi connectivity index (χ1) is 15.7. The molecule has 0 aromatic heterocycles. The highest BCUT2D eigenvalue weighted by Crippen LogP contribution is 2.60. The summed E-state index contributed by atoms with van der Waals surface area (Å²) in [5.41, 5.74) is 9.80. The van der Waals surface area contributed by atoms with Crippen LogP contribution in [0.15, 0.2) is 48.0 Å². The normalized spacial score (nSPS) is 33.4. The molecule has 0 saturated heterocycles. The largest absolute Gasteiger partial charge is 0.0649 e. The Balaban J connectivity index is 1.15. The van der Waals surface area contributed by atoms with E-state index in [4.69, 9.17) is 0 Å². The van der Waals surface area contributed by atoms with E-state index in [2.05, 4.69) is 48.5 Å². The summed E-state index contributed by atoms with van der Waals surface area (Å²) in [7, 11) is 0. The first-order valence-corrected chi connectivity index (χ1v) is 13.7. The van der Waals surface area contributed by atoms with Gasteiger partial charge in [-0.25, -0.2) is 0 Å². The van der Waals surface area contributed by atoms with E-state index in [1.54, 1.807) is 16.7 Å². The molecule has 0 spiro atoms. The number of allylic oxidation sites excluding steroid dienone is 1. The summed E-state index contributed by atoms with van der Waals surface area (Å²) in [5, 5.41) is 0. The van der Waals surface area contributed by atoms with Crippen molar-refractivity contribution in [3.8, 4) is 11.1 Å². The van der Waals surface area contributed by atoms with Crippen LogP contribution in [0.25, 0.3) is 17.2 Å². The average molecular weight is 423 g/mol. The average Bonchev–Trinajstić information content (AvgIpc) is 3.21. The third-order valence-corrected chi connectivity index (χ3v) is 10.1. The van der Waals surface area contributed by atoms with Gasteiger partial charge in [0, 0.05) is 0 Å². The molecule has 32 heavy (non-hydrogen) atoms. The Kier molecular flexibility index (Phi) is 4.67. The Morgan fingerprint density at radius 1 is 0.750 bits per heavy atom. The highest BCUT2D eigenvalue weighted by atomic mass is 14.6. The SMILES string of the molecule is C1=C(CC2CCCCC2)Cc2cccc(-c3ccc(C45CC6CC(CC(C6)C4)C5)cc3)c21. The summed E-state index contributed by atoms with van der Waals surface area (Å²) in [5.74, 6) is 4.00. The maximum absolute atomic E-state index is 2.56. The maximum Gasteiger partial charge on any atom is -0.00391 e. The maximum atomic E-state index is 2.56. The van der Waals surface area contributed by atoms with Crippen LogP contribution in [0.3, 0.4) is 0 Å². The molecule has 0 N–H and O–H groups in total. The molecule has 2 aromatic rings. The summed E-state index contributed by atoms with van der Waals surface area (Å²) in [6, 6.07) is 17.0. The van der Waals surface area contributed by atoms with Crippen molar-refractivity contribution < 1.29 is 0 Å². The van der Waals surface area contributed by atoms with E-state index in [1.165, 1.54) is 100 Å². The molecule has 0 heterocycles. The molecule has 0 unspecified atom stereocenters. The Bertz CT molecular complexity index is 995. The fourth-order valence-corrected chi connectivity index (χ4v) is 9.05. The van der Waals surface area contributed by atoms with Crippen molar-refractivity contribution in [2.75, 3.05) is 0 Å². The van der Waals surface area contributed by atoms with Gasteiger partial charge in [-0.2, -0.15) is 0 Å². The van der Waals surface area contributed by atoms with Crippen LogP contribution in [0, 0.1) is 23.7 Å². The van der Waals surface area contributed by atoms with Crippen molar-refractivity contribution in [3.05, 3.63) is 64.7 Å². The van der Waals surface area contributed by atoms with Gasteiger partial charge in [-0.1, -0.05) is 86.2 Å². The smallest absolute Gasteiger partial charge is 0.00391 e. The molecule has 2 aromatic carbocycles. The van der Waals surface area contributed by atoms with E-state index in [0.717, 1.165) is 23.7 Å². The molecular weight excluding hydrogens is 384 g/mol. The molecule has 4 bridgehead atoms. The van der Waals surface area contributed by atoms with Gasteiger partial charge in [0.1, 0.15) is 0 Å². The van der Waals surface area contributed by atoms with Crippen molar-refractivity contribution in [2.24, 2.45) is 23.7 Å². The van der Waals surface area contributed by atoms with Gasteiger partial charge < -0.3 is 0 Å². The number of hydrogen-bond acceptors (Lipinski definition) is 0. The van der Waals surface area contributed by atoms with Crippen LogP contribution >= 0.6 is 0 Å². The lowest BCUT2D eigenvalue weighted by Crippen LogP contribution is -2.48. The predicted molar refractivity (Wildman–Crippen MR) is 135 cm³/mol. The van der Waals surface area contributed by atoms with Crippen LogP contribution in [-0.4, -0.2) is 0 Å². The van der Waals surface area contributed by atoms with E-state index >= 15 is 0 Å². The Labute approximate surface area is 194 Å². The van der Waals surface area contributed by atoms with E-state index < -0.39 is 0 Å². The van der Waals surface area contributed by atoms with Crippen molar-refractivity contribution in [1.82, 2.24) is 0 Å². The van der Waals surface area contributed by atoms with Crippen molar-refractivity contribution in [3.63, 3.8) is 0 Å². The number of hydrogen-bond donors (Lipinski definition) is 0. The third kappa shape index (κ3) is 3.32. The summed E-state index contributed by atoms with van der Waals surface area (Å²) in [4.78, 5) is 0. The second-order valence-electron chi connectivity index (χ2n) is 12.3. The molecular formula is C32H38. The molecule has 6 aliphatic rings. The minimum Gasteiger partial charge on any atom is -0.0649 e. The van der Waals surface area contributed by atoms with Crippen LogP contribution < -0.4 is 0 Å². The molecule has 8 rings (SSSR count). The van der Waals surface area contributed by atoms with Gasteiger partial charge in [0.25, 0.3) is 0 Å². The highest BCUT2D eigenvalue weighted by molar-refractivity contribution is 5.81. The lowest BCUT2D eigenvalue weighted by atomic mass is 9.48. The van der Waals surface area contributed by atoms with Crippen LogP contribution in [0.1, 0.15) is 93.7 Å². The quantitative estimate of drug-likeness (QED) is 0.462. The van der Waals surface area contributed by atoms with Crippen LogP contribution in [-0.2, 0) is 11.8 Å². The van der Waals surface area contributed by atoms with E-state index in [1.807, 2.05) is 0 Å². The van der Waals surface area contributed by atoms with E-state index in [-0.39, 0.29) is 0 Å². The van der Waals surface area contributed by atoms with Gasteiger partial charge in [-0.05, 0) is 108 Å². The number of benzene rings is 2. The zero-order valence-corrected chi connectivity index (χ0v) is 19.6. The van der Waals surface area contributed by atoms with Gasteiger partial charge >= 0.3 is 0 Å². The molecule has 0 amide bonds. The van der Waals surface area contributed by atoms with Crippen LogP contribution in [0.5, 0.6) is 0 Å². The Morgan fingerprint density at radius 3 is 2.12 bits per heavy atom. The fourth-order valence-electron chi connectivity index (χ4n) is 9.05. The second kappa shape index (κ2) is 7.61. The van der Waals surface area contributed by atoms with Crippen LogP contribution in [0.2, 0.25) is 0 Å². The lowest BCUT2D eigenvalue weighted by molar-refractivity contribution is -0.00518. The molecule has 0 aliphatic heterocycles. The standard InChI is InChI=1S/C32H38/c1-2-5-22(6-3-1)13-23-17-28-7-4-8-30(31(28)18-23)27-9-11-29(12-10-27)32-19-24-14-25(20-32)16-26(15-24)21-32/h4,7-12,18,22,24-26H,1-3,5-6,13-17,19-21H2. The Hall–Kier alpha value is -1.82. The molecule has 5 fully saturated rings. The summed E-state index contributed by atoms with van der Waals surface area (Å²) >= 11 is 0. The lowest BCUT2D eigenvalue weighted by Gasteiger charge is -2.57. The van der Waals surface area contributed by atoms with E-state index in [0.29, 0.717) is 5.41 Å². The molecule has 0 heteroatoms. The Morgan fingerprint density at radius 2 is 1.44 bits per heavy atom. The van der Waals surface area contributed by atoms with Gasteiger partial charge in [0.15, 0.2) is 0 Å². The number of fused-ring (bicyclic) bond motifs is 1. The monoisotopic (exact) mass is 422 g/mol. The zero-order valence-electron chi connectivity index (χ0n) is 19.6. The van der Waals surface area contributed by atoms with Crippen molar-refractivity contribution >= 4 is 6.08 Å². The fraction of sp³-hybridized carbons (Fsp3) is 0.562. The van der Waals surface area contributed by atoms with Gasteiger partial charge in [-0.3, -0.25) is 0 Å². The second-order valence-corrected chi connectivity index (χ2v) is 12.3. The highest BCUT2D eigenvalue weighted by Gasteiger charge is 2.51. The number of rotatable bonds is 4. The molecule has 5 saturated carbocycles. The molecule has 6 aliphatic carbocycles. The minimum atomic E-state index is 0.513. The molecule has 0 nitrogen and oxygen atoms in total. The predicted octanol–water partition coefficient (Wildman–Crippen LogP) is 8.73. The van der Waals surface area contributed by atoms with Gasteiger partial charge in [0.2, 0.25) is 0 Å². The topological polar surface area (TPSA) is 0 Å². The molecule has 0 radical (unpaired) electrons. The molecule has 166 valence electrons.